The molecule has 0 aliphatic carbocycles. The van der Waals surface area contributed by atoms with Crippen LogP contribution in [0.1, 0.15) is 21.5 Å². The third-order valence-corrected chi connectivity index (χ3v) is 3.83. The number of hydrogen-bond donors (Lipinski definition) is 2. The van der Waals surface area contributed by atoms with Crippen LogP contribution in [0.4, 0.5) is 5.69 Å². The van der Waals surface area contributed by atoms with Gasteiger partial charge in [0.2, 0.25) is 0 Å². The van der Waals surface area contributed by atoms with Gasteiger partial charge >= 0.3 is 5.97 Å². The van der Waals surface area contributed by atoms with Crippen LogP contribution in [0.25, 0.3) is 11.1 Å². The first-order valence-corrected chi connectivity index (χ1v) is 7.91. The Labute approximate surface area is 150 Å². The Kier molecular flexibility index (Phi) is 4.86. The van der Waals surface area contributed by atoms with Gasteiger partial charge < -0.3 is 15.6 Å². The molecular formula is C21H16N2O3. The second kappa shape index (κ2) is 7.41. The molecule has 3 aromatic carbocycles. The van der Waals surface area contributed by atoms with E-state index in [-0.39, 0.29) is 12.2 Å². The number of carbonyl (C=O) groups is 1. The van der Waals surface area contributed by atoms with Gasteiger partial charge in [0.25, 0.3) is 0 Å². The molecule has 128 valence electrons. The number of hydrogen-bond acceptors (Lipinski definition) is 4. The van der Waals surface area contributed by atoms with Gasteiger partial charge in [-0.05, 0) is 59.2 Å². The van der Waals surface area contributed by atoms with Crippen molar-refractivity contribution in [1.29, 1.82) is 5.26 Å². The topological polar surface area (TPSA) is 96.3 Å². The number of rotatable bonds is 5. The van der Waals surface area contributed by atoms with E-state index in [1.807, 2.05) is 12.1 Å². The monoisotopic (exact) mass is 344 g/mol. The highest BCUT2D eigenvalue weighted by molar-refractivity contribution is 5.90. The molecule has 5 heteroatoms. The quantitative estimate of drug-likeness (QED) is 0.680. The van der Waals surface area contributed by atoms with Crippen molar-refractivity contribution in [3.05, 3.63) is 83.4 Å². The largest absolute Gasteiger partial charge is 0.489 e. The van der Waals surface area contributed by atoms with Crippen LogP contribution in [0.2, 0.25) is 0 Å². The summed E-state index contributed by atoms with van der Waals surface area (Å²) in [6.45, 7) is 0.204. The van der Waals surface area contributed by atoms with Crippen molar-refractivity contribution in [2.75, 3.05) is 5.73 Å². The first-order chi connectivity index (χ1) is 12.5. The van der Waals surface area contributed by atoms with Gasteiger partial charge in [-0.3, -0.25) is 0 Å². The summed E-state index contributed by atoms with van der Waals surface area (Å²) in [5.74, 6) is -0.410. The third-order valence-electron chi connectivity index (χ3n) is 3.83. The lowest BCUT2D eigenvalue weighted by Gasteiger charge is -2.10. The summed E-state index contributed by atoms with van der Waals surface area (Å²) in [7, 11) is 0. The molecule has 26 heavy (non-hydrogen) atoms. The molecule has 3 rings (SSSR count). The minimum absolute atomic E-state index is 0.163. The van der Waals surface area contributed by atoms with Crippen molar-refractivity contribution in [2.24, 2.45) is 0 Å². The van der Waals surface area contributed by atoms with Crippen LogP contribution in [0, 0.1) is 11.3 Å². The molecule has 0 unspecified atom stereocenters. The van der Waals surface area contributed by atoms with Crippen LogP contribution in [0.15, 0.2) is 66.7 Å². The number of nitriles is 1. The third kappa shape index (κ3) is 4.00. The van der Waals surface area contributed by atoms with Crippen LogP contribution in [0.3, 0.4) is 0 Å². The van der Waals surface area contributed by atoms with Gasteiger partial charge in [-0.15, -0.1) is 0 Å². The number of ether oxygens (including phenoxy) is 1. The fraction of sp³-hybridized carbons (Fsp3) is 0.0476. The van der Waals surface area contributed by atoms with Crippen molar-refractivity contribution in [1.82, 2.24) is 0 Å². The van der Waals surface area contributed by atoms with E-state index in [4.69, 9.17) is 15.7 Å². The van der Waals surface area contributed by atoms with E-state index in [1.54, 1.807) is 54.6 Å². The Morgan fingerprint density at radius 2 is 1.85 bits per heavy atom. The van der Waals surface area contributed by atoms with Gasteiger partial charge in [-0.1, -0.05) is 18.2 Å². The summed E-state index contributed by atoms with van der Waals surface area (Å²) < 4.78 is 5.72. The molecule has 0 fully saturated rings. The maximum atomic E-state index is 11.5. The normalized spacial score (nSPS) is 10.1. The van der Waals surface area contributed by atoms with Gasteiger partial charge in [0, 0.05) is 11.8 Å². The summed E-state index contributed by atoms with van der Waals surface area (Å²) >= 11 is 0. The maximum absolute atomic E-state index is 11.5. The molecule has 0 spiro atoms. The van der Waals surface area contributed by atoms with Crippen LogP contribution >= 0.6 is 0 Å². The number of nitrogens with zero attached hydrogens (tertiary/aromatic N) is 1. The Morgan fingerprint density at radius 3 is 2.58 bits per heavy atom. The molecule has 0 aromatic heterocycles. The van der Waals surface area contributed by atoms with Gasteiger partial charge in [0.15, 0.2) is 0 Å². The van der Waals surface area contributed by atoms with Gasteiger partial charge in [-0.25, -0.2) is 4.79 Å². The number of nitrogens with two attached hydrogens (primary N) is 1. The van der Waals surface area contributed by atoms with Crippen molar-refractivity contribution in [3.8, 4) is 22.9 Å². The van der Waals surface area contributed by atoms with Crippen molar-refractivity contribution in [3.63, 3.8) is 0 Å². The van der Waals surface area contributed by atoms with Crippen LogP contribution in [-0.4, -0.2) is 11.1 Å². The molecule has 0 bridgehead atoms. The number of aromatic carboxylic acids is 1. The predicted molar refractivity (Wildman–Crippen MR) is 98.7 cm³/mol. The molecule has 0 amide bonds. The van der Waals surface area contributed by atoms with Gasteiger partial charge in [0.1, 0.15) is 12.4 Å². The van der Waals surface area contributed by atoms with Crippen molar-refractivity contribution < 1.29 is 14.6 Å². The molecule has 0 atom stereocenters. The zero-order valence-electron chi connectivity index (χ0n) is 13.8. The lowest BCUT2D eigenvalue weighted by atomic mass is 9.98. The fourth-order valence-electron chi connectivity index (χ4n) is 2.60. The summed E-state index contributed by atoms with van der Waals surface area (Å²) in [4.78, 5) is 11.5. The predicted octanol–water partition coefficient (Wildman–Crippen LogP) is 4.08. The lowest BCUT2D eigenvalue weighted by molar-refractivity contribution is 0.0696. The highest BCUT2D eigenvalue weighted by Crippen LogP contribution is 2.25. The lowest BCUT2D eigenvalue weighted by Crippen LogP contribution is -2.02. The average molecular weight is 344 g/mol. The maximum Gasteiger partial charge on any atom is 0.335 e. The summed E-state index contributed by atoms with van der Waals surface area (Å²) in [5, 5.41) is 18.5. The standard InChI is InChI=1S/C21H16N2O3/c22-12-14-3-1-4-16(7-14)17-8-15(9-18(10-17)21(24)25)13-26-20-6-2-5-19(23)11-20/h1-11H,13,23H2,(H,24,25). The zero-order valence-corrected chi connectivity index (χ0v) is 13.8. The van der Waals surface area contributed by atoms with E-state index in [0.29, 0.717) is 28.1 Å². The molecular weight excluding hydrogens is 328 g/mol. The molecule has 0 aliphatic rings. The first kappa shape index (κ1) is 17.1. The van der Waals surface area contributed by atoms with Gasteiger partial charge in [-0.2, -0.15) is 5.26 Å². The Bertz CT molecular complexity index is 1010. The average Bonchev–Trinajstić information content (AvgIpc) is 2.66. The number of nitrogen functional groups attached to an aromatic ring is 1. The van der Waals surface area contributed by atoms with E-state index >= 15 is 0 Å². The second-order valence-electron chi connectivity index (χ2n) is 5.78. The molecule has 0 radical (unpaired) electrons. The SMILES string of the molecule is N#Cc1cccc(-c2cc(COc3cccc(N)c3)cc(C(=O)O)c2)c1. The van der Waals surface area contributed by atoms with E-state index < -0.39 is 5.97 Å². The number of carboxylic acid groups (broad SMARTS) is 1. The van der Waals surface area contributed by atoms with E-state index in [1.165, 1.54) is 0 Å². The van der Waals surface area contributed by atoms with E-state index in [2.05, 4.69) is 6.07 Å². The van der Waals surface area contributed by atoms with E-state index in [0.717, 1.165) is 5.56 Å². The number of benzene rings is 3. The Hall–Kier alpha value is -3.78. The van der Waals surface area contributed by atoms with Crippen LogP contribution < -0.4 is 10.5 Å². The second-order valence-corrected chi connectivity index (χ2v) is 5.78. The molecule has 3 N–H and O–H groups in total. The Morgan fingerprint density at radius 1 is 1.04 bits per heavy atom. The van der Waals surface area contributed by atoms with Crippen LogP contribution in [0.5, 0.6) is 5.75 Å². The fourth-order valence-corrected chi connectivity index (χ4v) is 2.60. The summed E-state index contributed by atoms with van der Waals surface area (Å²) in [6, 6.07) is 21.2. The molecule has 5 nitrogen and oxygen atoms in total. The van der Waals surface area contributed by atoms with Crippen molar-refractivity contribution >= 4 is 11.7 Å². The van der Waals surface area contributed by atoms with Crippen LogP contribution in [-0.2, 0) is 6.61 Å². The van der Waals surface area contributed by atoms with Gasteiger partial charge in [0.05, 0.1) is 17.2 Å². The Balaban J connectivity index is 1.93. The highest BCUT2D eigenvalue weighted by atomic mass is 16.5. The smallest absolute Gasteiger partial charge is 0.335 e. The number of carboxylic acids is 1. The molecule has 3 aromatic rings. The molecule has 0 saturated carbocycles. The molecule has 0 aliphatic heterocycles. The molecule has 0 saturated heterocycles. The highest BCUT2D eigenvalue weighted by Gasteiger charge is 2.10. The van der Waals surface area contributed by atoms with E-state index in [9.17, 15) is 9.90 Å². The molecule has 0 heterocycles. The summed E-state index contributed by atoms with van der Waals surface area (Å²) in [6.07, 6.45) is 0. The summed E-state index contributed by atoms with van der Waals surface area (Å²) in [5.41, 5.74) is 9.21. The van der Waals surface area contributed by atoms with Crippen molar-refractivity contribution in [2.45, 2.75) is 6.61 Å². The minimum atomic E-state index is -1.02. The minimum Gasteiger partial charge on any atom is -0.489 e. The number of anilines is 1. The first-order valence-electron chi connectivity index (χ1n) is 7.91. The zero-order chi connectivity index (χ0) is 18.5.